The monoisotopic (exact) mass is 388 g/mol. The molecular formula is C18H17BrN2O3. The number of aromatic nitrogens is 2. The first-order chi connectivity index (χ1) is 11.3. The number of fused-ring (bicyclic) bond motifs is 3. The van der Waals surface area contributed by atoms with Gasteiger partial charge < -0.3 is 5.11 Å². The number of nitrogens with zero attached hydrogens (tertiary/aromatic N) is 2. The number of halogens is 1. The van der Waals surface area contributed by atoms with Gasteiger partial charge in [-0.3, -0.25) is 9.59 Å². The molecule has 0 radical (unpaired) electrons. The molecule has 124 valence electrons. The van der Waals surface area contributed by atoms with Crippen molar-refractivity contribution in [3.8, 4) is 0 Å². The smallest absolute Gasteiger partial charge is 0.275 e. The molecule has 3 atom stereocenters. The van der Waals surface area contributed by atoms with Crippen LogP contribution in [0.15, 0.2) is 46.0 Å². The summed E-state index contributed by atoms with van der Waals surface area (Å²) in [7, 11) is 0. The Labute approximate surface area is 146 Å². The molecule has 0 bridgehead atoms. The standard InChI is InChI=1S/C18H17BrN2O3/c1-10-9-20-15(22)13-7-11-5-3-4-6-12(11)8-14(13)16(23)21(20)17(24)18(10,2)19/h3-8,10,17,24H,9H2,1-2H3/t10?,17-,18+/m1/s1. The van der Waals surface area contributed by atoms with E-state index in [0.29, 0.717) is 17.3 Å². The van der Waals surface area contributed by atoms with E-state index in [2.05, 4.69) is 15.9 Å². The summed E-state index contributed by atoms with van der Waals surface area (Å²) in [5.41, 5.74) is -0.593. The highest BCUT2D eigenvalue weighted by molar-refractivity contribution is 9.10. The molecule has 4 rings (SSSR count). The van der Waals surface area contributed by atoms with Gasteiger partial charge in [-0.25, -0.2) is 9.36 Å². The zero-order valence-electron chi connectivity index (χ0n) is 13.4. The van der Waals surface area contributed by atoms with Crippen LogP contribution < -0.4 is 11.1 Å². The van der Waals surface area contributed by atoms with Gasteiger partial charge in [-0.05, 0) is 35.7 Å². The summed E-state index contributed by atoms with van der Waals surface area (Å²) in [5.74, 6) is -0.0116. The first-order valence-corrected chi connectivity index (χ1v) is 8.67. The summed E-state index contributed by atoms with van der Waals surface area (Å²) >= 11 is 3.53. The lowest BCUT2D eigenvalue weighted by Gasteiger charge is -2.41. The van der Waals surface area contributed by atoms with Crippen LogP contribution in [-0.4, -0.2) is 18.8 Å². The molecule has 3 aromatic rings. The van der Waals surface area contributed by atoms with Crippen molar-refractivity contribution in [1.82, 2.24) is 9.36 Å². The van der Waals surface area contributed by atoms with Gasteiger partial charge in [-0.2, -0.15) is 0 Å². The molecule has 24 heavy (non-hydrogen) atoms. The van der Waals surface area contributed by atoms with E-state index in [1.54, 1.807) is 12.1 Å². The minimum atomic E-state index is -1.11. The average Bonchev–Trinajstić information content (AvgIpc) is 2.56. The highest BCUT2D eigenvalue weighted by atomic mass is 79.9. The lowest BCUT2D eigenvalue weighted by atomic mass is 9.92. The van der Waals surface area contributed by atoms with Crippen LogP contribution in [0.3, 0.4) is 0 Å². The van der Waals surface area contributed by atoms with Crippen molar-refractivity contribution in [3.05, 3.63) is 57.1 Å². The fraction of sp³-hybridized carbons (Fsp3) is 0.333. The summed E-state index contributed by atoms with van der Waals surface area (Å²) in [4.78, 5) is 25.9. The van der Waals surface area contributed by atoms with Gasteiger partial charge in [-0.1, -0.05) is 47.1 Å². The van der Waals surface area contributed by atoms with E-state index in [1.807, 2.05) is 38.1 Å². The van der Waals surface area contributed by atoms with E-state index in [0.717, 1.165) is 10.8 Å². The Morgan fingerprint density at radius 1 is 1.12 bits per heavy atom. The number of hydrogen-bond acceptors (Lipinski definition) is 3. The third kappa shape index (κ3) is 1.96. The van der Waals surface area contributed by atoms with Crippen molar-refractivity contribution in [1.29, 1.82) is 0 Å². The van der Waals surface area contributed by atoms with Gasteiger partial charge in [0.1, 0.15) is 0 Å². The van der Waals surface area contributed by atoms with E-state index in [-0.39, 0.29) is 17.0 Å². The maximum absolute atomic E-state index is 13.0. The van der Waals surface area contributed by atoms with Crippen molar-refractivity contribution in [2.75, 3.05) is 0 Å². The summed E-state index contributed by atoms with van der Waals surface area (Å²) in [6, 6.07) is 11.1. The maximum Gasteiger partial charge on any atom is 0.275 e. The maximum atomic E-state index is 13.0. The van der Waals surface area contributed by atoms with Gasteiger partial charge in [0.25, 0.3) is 11.1 Å². The molecule has 0 saturated heterocycles. The van der Waals surface area contributed by atoms with Crippen LogP contribution in [0.4, 0.5) is 0 Å². The zero-order valence-corrected chi connectivity index (χ0v) is 14.9. The predicted molar refractivity (Wildman–Crippen MR) is 97.7 cm³/mol. The first-order valence-electron chi connectivity index (χ1n) is 7.87. The van der Waals surface area contributed by atoms with E-state index in [1.165, 1.54) is 9.36 Å². The first kappa shape index (κ1) is 15.6. The van der Waals surface area contributed by atoms with Crippen LogP contribution in [0.2, 0.25) is 0 Å². The fourth-order valence-electron chi connectivity index (χ4n) is 3.41. The van der Waals surface area contributed by atoms with Crippen LogP contribution in [0.1, 0.15) is 20.1 Å². The third-order valence-electron chi connectivity index (χ3n) is 5.20. The fourth-order valence-corrected chi connectivity index (χ4v) is 3.75. The molecule has 1 N–H and O–H groups in total. The van der Waals surface area contributed by atoms with Crippen LogP contribution in [-0.2, 0) is 6.54 Å². The second-order valence-electron chi connectivity index (χ2n) is 6.71. The topological polar surface area (TPSA) is 64.2 Å². The number of rotatable bonds is 0. The van der Waals surface area contributed by atoms with Crippen molar-refractivity contribution >= 4 is 37.5 Å². The Morgan fingerprint density at radius 2 is 1.67 bits per heavy atom. The van der Waals surface area contributed by atoms with Gasteiger partial charge in [0.05, 0.1) is 15.1 Å². The molecule has 0 saturated carbocycles. The molecule has 1 aromatic heterocycles. The van der Waals surface area contributed by atoms with Crippen LogP contribution >= 0.6 is 15.9 Å². The molecular weight excluding hydrogens is 372 g/mol. The van der Waals surface area contributed by atoms with Crippen LogP contribution in [0.5, 0.6) is 0 Å². The molecule has 2 aromatic carbocycles. The second kappa shape index (κ2) is 5.04. The molecule has 0 spiro atoms. The summed E-state index contributed by atoms with van der Waals surface area (Å²) < 4.78 is 1.89. The molecule has 5 nitrogen and oxygen atoms in total. The molecule has 0 fully saturated rings. The molecule has 0 amide bonds. The Balaban J connectivity index is 2.17. The Morgan fingerprint density at radius 3 is 2.25 bits per heavy atom. The van der Waals surface area contributed by atoms with Gasteiger partial charge in [0.2, 0.25) is 0 Å². The van der Waals surface area contributed by atoms with Crippen molar-refractivity contribution in [2.45, 2.75) is 30.9 Å². The van der Waals surface area contributed by atoms with E-state index < -0.39 is 10.6 Å². The Hall–Kier alpha value is -1.92. The SMILES string of the molecule is CC1Cn2c(=O)c3cc4ccccc4cc3c(=O)n2[C@H](O)[C@@]1(C)Br. The number of alkyl halides is 1. The van der Waals surface area contributed by atoms with E-state index in [4.69, 9.17) is 0 Å². The molecule has 1 unspecified atom stereocenters. The highest BCUT2D eigenvalue weighted by Gasteiger charge is 2.43. The van der Waals surface area contributed by atoms with Gasteiger partial charge in [-0.15, -0.1) is 0 Å². The molecule has 1 aliphatic heterocycles. The van der Waals surface area contributed by atoms with Crippen molar-refractivity contribution in [3.63, 3.8) is 0 Å². The zero-order chi connectivity index (χ0) is 17.2. The predicted octanol–water partition coefficient (Wildman–Crippen LogP) is 2.61. The number of aliphatic hydroxyl groups excluding tert-OH is 1. The van der Waals surface area contributed by atoms with Crippen LogP contribution in [0, 0.1) is 5.92 Å². The van der Waals surface area contributed by atoms with E-state index >= 15 is 0 Å². The molecule has 2 heterocycles. The number of benzene rings is 2. The second-order valence-corrected chi connectivity index (χ2v) is 8.42. The normalized spacial score (nSPS) is 26.7. The number of hydrogen-bond donors (Lipinski definition) is 1. The Kier molecular flexibility index (Phi) is 3.27. The third-order valence-corrected chi connectivity index (χ3v) is 6.39. The minimum absolute atomic E-state index is 0.0116. The summed E-state index contributed by atoms with van der Waals surface area (Å²) in [6.45, 7) is 4.16. The van der Waals surface area contributed by atoms with Crippen molar-refractivity contribution < 1.29 is 5.11 Å². The largest absolute Gasteiger partial charge is 0.370 e. The van der Waals surface area contributed by atoms with Gasteiger partial charge in [0, 0.05) is 6.54 Å². The molecule has 0 aliphatic carbocycles. The highest BCUT2D eigenvalue weighted by Crippen LogP contribution is 2.39. The van der Waals surface area contributed by atoms with Gasteiger partial charge in [0.15, 0.2) is 6.23 Å². The van der Waals surface area contributed by atoms with Gasteiger partial charge >= 0.3 is 0 Å². The minimum Gasteiger partial charge on any atom is -0.370 e. The van der Waals surface area contributed by atoms with Crippen molar-refractivity contribution in [2.24, 2.45) is 5.92 Å². The molecule has 1 aliphatic rings. The van der Waals surface area contributed by atoms with Crippen LogP contribution in [0.25, 0.3) is 21.5 Å². The lowest BCUT2D eigenvalue weighted by molar-refractivity contribution is -0.0132. The quantitative estimate of drug-likeness (QED) is 0.475. The lowest BCUT2D eigenvalue weighted by Crippen LogP contribution is -2.54. The Bertz CT molecular complexity index is 1100. The molecule has 6 heteroatoms. The number of aliphatic hydroxyl groups is 1. The average molecular weight is 389 g/mol. The summed E-state index contributed by atoms with van der Waals surface area (Å²) in [5, 5.41) is 13.2. The van der Waals surface area contributed by atoms with E-state index in [9.17, 15) is 14.7 Å². The summed E-state index contributed by atoms with van der Waals surface area (Å²) in [6.07, 6.45) is -1.11.